The summed E-state index contributed by atoms with van der Waals surface area (Å²) in [5.41, 5.74) is -0.274. The third kappa shape index (κ3) is 3.72. The lowest BCUT2D eigenvalue weighted by molar-refractivity contribution is -0.117. The zero-order valence-electron chi connectivity index (χ0n) is 8.95. The quantitative estimate of drug-likeness (QED) is 0.343. The Morgan fingerprint density at radius 2 is 2.29 bits per heavy atom. The molecule has 1 amide bonds. The highest BCUT2D eigenvalue weighted by Crippen LogP contribution is 2.21. The highest BCUT2D eigenvalue weighted by molar-refractivity contribution is 9.12. The van der Waals surface area contributed by atoms with Gasteiger partial charge in [0.25, 0.3) is 5.91 Å². The van der Waals surface area contributed by atoms with Crippen LogP contribution < -0.4 is 5.32 Å². The van der Waals surface area contributed by atoms with Gasteiger partial charge in [-0.2, -0.15) is 5.26 Å². The first-order valence-corrected chi connectivity index (χ1v) is 6.47. The molecule has 2 unspecified atom stereocenters. The third-order valence-electron chi connectivity index (χ3n) is 2.12. The van der Waals surface area contributed by atoms with Crippen molar-refractivity contribution in [1.82, 2.24) is 5.32 Å². The highest BCUT2D eigenvalue weighted by atomic mass is 79.9. The monoisotopic (exact) mass is 360 g/mol. The Kier molecular flexibility index (Phi) is 4.97. The molecular weight excluding hydrogens is 352 g/mol. The van der Waals surface area contributed by atoms with Gasteiger partial charge in [-0.1, -0.05) is 44.0 Å². The topological polar surface area (TPSA) is 73.1 Å². The van der Waals surface area contributed by atoms with Gasteiger partial charge in [0.05, 0.1) is 10.9 Å². The number of hydrogen-bond acceptors (Lipinski definition) is 3. The molecule has 0 heterocycles. The van der Waals surface area contributed by atoms with Crippen LogP contribution in [0, 0.1) is 11.3 Å². The minimum atomic E-state index is -0.589. The summed E-state index contributed by atoms with van der Waals surface area (Å²) >= 11 is 6.70. The fourth-order valence-electron chi connectivity index (χ4n) is 1.26. The summed E-state index contributed by atoms with van der Waals surface area (Å²) in [5, 5.41) is 20.6. The first-order chi connectivity index (χ1) is 7.95. The molecule has 2 N–H and O–H groups in total. The number of nitrogens with one attached hydrogen (secondary N) is 1. The van der Waals surface area contributed by atoms with Crippen molar-refractivity contribution in [2.24, 2.45) is 0 Å². The molecule has 4 nitrogen and oxygen atoms in total. The number of halogens is 2. The van der Waals surface area contributed by atoms with Gasteiger partial charge in [0.2, 0.25) is 0 Å². The SMILES string of the molecule is C/C(O)=C(\C#N)C(=O)NC1C=C(Br)C=CC1Br. The second-order valence-corrected chi connectivity index (χ2v) is 5.40. The Morgan fingerprint density at radius 3 is 2.82 bits per heavy atom. The van der Waals surface area contributed by atoms with Crippen LogP contribution in [-0.4, -0.2) is 21.9 Å². The summed E-state index contributed by atoms with van der Waals surface area (Å²) in [6, 6.07) is 1.40. The van der Waals surface area contributed by atoms with E-state index in [2.05, 4.69) is 37.2 Å². The van der Waals surface area contributed by atoms with Gasteiger partial charge in [0, 0.05) is 4.48 Å². The maximum absolute atomic E-state index is 11.7. The van der Waals surface area contributed by atoms with Crippen LogP contribution in [0.3, 0.4) is 0 Å². The van der Waals surface area contributed by atoms with Gasteiger partial charge in [-0.25, -0.2) is 0 Å². The fourth-order valence-corrected chi connectivity index (χ4v) is 2.14. The van der Waals surface area contributed by atoms with Crippen molar-refractivity contribution >= 4 is 37.8 Å². The van der Waals surface area contributed by atoms with Crippen molar-refractivity contribution in [3.63, 3.8) is 0 Å². The van der Waals surface area contributed by atoms with Crippen LogP contribution in [0.2, 0.25) is 0 Å². The first-order valence-electron chi connectivity index (χ1n) is 4.76. The molecule has 0 saturated carbocycles. The molecular formula is C11H10Br2N2O2. The van der Waals surface area contributed by atoms with E-state index in [-0.39, 0.29) is 22.2 Å². The largest absolute Gasteiger partial charge is 0.511 e. The normalized spacial score (nSPS) is 24.5. The lowest BCUT2D eigenvalue weighted by Crippen LogP contribution is -2.40. The van der Waals surface area contributed by atoms with Crippen molar-refractivity contribution in [2.75, 3.05) is 0 Å². The van der Waals surface area contributed by atoms with Crippen molar-refractivity contribution < 1.29 is 9.90 Å². The molecule has 0 saturated heterocycles. The number of alkyl halides is 1. The van der Waals surface area contributed by atoms with Gasteiger partial charge < -0.3 is 10.4 Å². The molecule has 0 radical (unpaired) electrons. The number of carbonyl (C=O) groups is 1. The maximum atomic E-state index is 11.7. The Balaban J connectivity index is 2.80. The van der Waals surface area contributed by atoms with E-state index in [0.29, 0.717) is 0 Å². The maximum Gasteiger partial charge on any atom is 0.265 e. The van der Waals surface area contributed by atoms with E-state index in [4.69, 9.17) is 5.26 Å². The van der Waals surface area contributed by atoms with E-state index in [9.17, 15) is 9.90 Å². The van der Waals surface area contributed by atoms with Crippen LogP contribution in [0.15, 0.2) is 34.0 Å². The number of hydrogen-bond donors (Lipinski definition) is 2. The van der Waals surface area contributed by atoms with Crippen LogP contribution in [-0.2, 0) is 4.79 Å². The van der Waals surface area contributed by atoms with E-state index >= 15 is 0 Å². The minimum absolute atomic E-state index is 0.0494. The molecule has 1 aliphatic carbocycles. The zero-order valence-corrected chi connectivity index (χ0v) is 12.1. The van der Waals surface area contributed by atoms with Crippen molar-refractivity contribution in [3.05, 3.63) is 34.0 Å². The van der Waals surface area contributed by atoms with Gasteiger partial charge in [0.15, 0.2) is 5.57 Å². The van der Waals surface area contributed by atoms with Crippen molar-refractivity contribution in [1.29, 1.82) is 5.26 Å². The lowest BCUT2D eigenvalue weighted by Gasteiger charge is -2.21. The summed E-state index contributed by atoms with van der Waals surface area (Å²) in [4.78, 5) is 11.6. The van der Waals surface area contributed by atoms with Gasteiger partial charge in [-0.3, -0.25) is 4.79 Å². The Bertz CT molecular complexity index is 457. The second-order valence-electron chi connectivity index (χ2n) is 3.43. The molecule has 2 atom stereocenters. The Hall–Kier alpha value is -1.06. The number of amides is 1. The summed E-state index contributed by atoms with van der Waals surface area (Å²) in [5.74, 6) is -0.876. The van der Waals surface area contributed by atoms with E-state index in [1.807, 2.05) is 12.2 Å². The molecule has 0 bridgehead atoms. The van der Waals surface area contributed by atoms with Gasteiger partial charge in [0.1, 0.15) is 11.8 Å². The third-order valence-corrected chi connectivity index (χ3v) is 3.52. The number of allylic oxidation sites excluding steroid dienone is 3. The van der Waals surface area contributed by atoms with Crippen LogP contribution in [0.4, 0.5) is 0 Å². The lowest BCUT2D eigenvalue weighted by atomic mass is 10.1. The molecule has 17 heavy (non-hydrogen) atoms. The number of aliphatic hydroxyl groups excluding tert-OH is 1. The predicted molar refractivity (Wildman–Crippen MR) is 71.7 cm³/mol. The molecule has 1 rings (SSSR count). The number of rotatable bonds is 2. The molecule has 0 spiro atoms. The molecule has 0 aromatic rings. The summed E-state index contributed by atoms with van der Waals surface area (Å²) in [7, 11) is 0. The second kappa shape index (κ2) is 6.03. The average molecular weight is 362 g/mol. The fraction of sp³-hybridized carbons (Fsp3) is 0.273. The molecule has 6 heteroatoms. The van der Waals surface area contributed by atoms with Crippen molar-refractivity contribution in [3.8, 4) is 6.07 Å². The number of aliphatic hydroxyl groups is 1. The Labute approximate surface area is 116 Å². The van der Waals surface area contributed by atoms with Crippen LogP contribution in [0.1, 0.15) is 6.92 Å². The number of nitrogens with zero attached hydrogens (tertiary/aromatic N) is 1. The zero-order chi connectivity index (χ0) is 13.0. The molecule has 0 fully saturated rings. The van der Waals surface area contributed by atoms with E-state index in [0.717, 1.165) is 4.48 Å². The average Bonchev–Trinajstić information content (AvgIpc) is 2.24. The number of carbonyl (C=O) groups excluding carboxylic acids is 1. The smallest absolute Gasteiger partial charge is 0.265 e. The van der Waals surface area contributed by atoms with Gasteiger partial charge in [-0.05, 0) is 13.0 Å². The highest BCUT2D eigenvalue weighted by Gasteiger charge is 2.22. The van der Waals surface area contributed by atoms with Crippen LogP contribution in [0.5, 0.6) is 0 Å². The van der Waals surface area contributed by atoms with E-state index in [1.54, 1.807) is 12.1 Å². The van der Waals surface area contributed by atoms with E-state index in [1.165, 1.54) is 6.92 Å². The van der Waals surface area contributed by atoms with Crippen LogP contribution >= 0.6 is 31.9 Å². The summed E-state index contributed by atoms with van der Waals surface area (Å²) < 4.78 is 0.849. The predicted octanol–water partition coefficient (Wildman–Crippen LogP) is 2.44. The minimum Gasteiger partial charge on any atom is -0.511 e. The van der Waals surface area contributed by atoms with Gasteiger partial charge in [-0.15, -0.1) is 0 Å². The molecule has 0 aromatic heterocycles. The summed E-state index contributed by atoms with van der Waals surface area (Å²) in [6.45, 7) is 1.30. The van der Waals surface area contributed by atoms with Crippen molar-refractivity contribution in [2.45, 2.75) is 17.8 Å². The Morgan fingerprint density at radius 1 is 1.65 bits per heavy atom. The first kappa shape index (κ1) is 14.0. The molecule has 0 aliphatic heterocycles. The van der Waals surface area contributed by atoms with E-state index < -0.39 is 5.91 Å². The molecule has 90 valence electrons. The number of nitriles is 1. The summed E-state index contributed by atoms with van der Waals surface area (Å²) in [6.07, 6.45) is 5.54. The standard InChI is InChI=1S/C11H10Br2N2O2/c1-6(16)8(5-14)11(17)15-10-4-7(12)2-3-9(10)13/h2-4,9-10,16H,1H3,(H,15,17)/b8-6-. The molecule has 1 aliphatic rings. The van der Waals surface area contributed by atoms with Crippen LogP contribution in [0.25, 0.3) is 0 Å². The van der Waals surface area contributed by atoms with Gasteiger partial charge >= 0.3 is 0 Å². The molecule has 0 aromatic carbocycles.